The lowest BCUT2D eigenvalue weighted by molar-refractivity contribution is -0.167. The van der Waals surface area contributed by atoms with Crippen molar-refractivity contribution in [3.8, 4) is 0 Å². The first-order valence-electron chi connectivity index (χ1n) is 28.0. The molecule has 0 aromatic rings. The molecule has 0 rings (SSSR count). The third-order valence-corrected chi connectivity index (χ3v) is 11.0. The van der Waals surface area contributed by atoms with E-state index in [1.807, 2.05) is 0 Å². The van der Waals surface area contributed by atoms with Crippen LogP contribution in [0.2, 0.25) is 0 Å². The third kappa shape index (κ3) is 55.8. The molecule has 0 amide bonds. The summed E-state index contributed by atoms with van der Waals surface area (Å²) in [6.07, 6.45) is 83.8. The van der Waals surface area contributed by atoms with E-state index < -0.39 is 6.10 Å². The monoisotopic (exact) mass is 977 g/mol. The molecule has 0 heterocycles. The Morgan fingerprint density at radius 2 is 0.549 bits per heavy atom. The molecule has 0 aliphatic rings. The van der Waals surface area contributed by atoms with Crippen LogP contribution in [0.4, 0.5) is 0 Å². The molecule has 0 aliphatic heterocycles. The van der Waals surface area contributed by atoms with E-state index in [4.69, 9.17) is 14.2 Å². The Bertz CT molecular complexity index is 1640. The highest BCUT2D eigenvalue weighted by molar-refractivity contribution is 5.71. The largest absolute Gasteiger partial charge is 0.462 e. The second kappa shape index (κ2) is 57.6. The number of carbonyl (C=O) groups is 3. The molecule has 71 heavy (non-hydrogen) atoms. The molecule has 0 aliphatic carbocycles. The molecule has 0 bridgehead atoms. The Balaban J connectivity index is 4.47. The van der Waals surface area contributed by atoms with Crippen LogP contribution in [0, 0.1) is 0 Å². The van der Waals surface area contributed by atoms with Crippen molar-refractivity contribution in [2.45, 2.75) is 219 Å². The molecule has 0 N–H and O–H groups in total. The van der Waals surface area contributed by atoms with Crippen molar-refractivity contribution in [1.29, 1.82) is 0 Å². The molecule has 6 nitrogen and oxygen atoms in total. The van der Waals surface area contributed by atoms with Gasteiger partial charge in [-0.3, -0.25) is 14.4 Å². The molecule has 0 spiro atoms. The van der Waals surface area contributed by atoms with Crippen molar-refractivity contribution in [3.05, 3.63) is 158 Å². The Morgan fingerprint density at radius 1 is 0.296 bits per heavy atom. The zero-order chi connectivity index (χ0) is 51.4. The van der Waals surface area contributed by atoms with Crippen LogP contribution in [-0.4, -0.2) is 37.2 Å². The number of hydrogen-bond donors (Lipinski definition) is 0. The summed E-state index contributed by atoms with van der Waals surface area (Å²) in [4.78, 5) is 38.0. The second-order valence-electron chi connectivity index (χ2n) is 17.7. The Morgan fingerprint density at radius 3 is 0.901 bits per heavy atom. The fourth-order valence-electron chi connectivity index (χ4n) is 6.86. The van der Waals surface area contributed by atoms with Crippen LogP contribution in [0.1, 0.15) is 213 Å². The average Bonchev–Trinajstić information content (AvgIpc) is 3.37. The van der Waals surface area contributed by atoms with Crippen molar-refractivity contribution in [1.82, 2.24) is 0 Å². The van der Waals surface area contributed by atoms with Gasteiger partial charge in [0.1, 0.15) is 13.2 Å². The minimum Gasteiger partial charge on any atom is -0.462 e. The van der Waals surface area contributed by atoms with Gasteiger partial charge in [0.25, 0.3) is 0 Å². The first-order valence-corrected chi connectivity index (χ1v) is 28.0. The van der Waals surface area contributed by atoms with Gasteiger partial charge in [-0.25, -0.2) is 0 Å². The van der Waals surface area contributed by atoms with Crippen LogP contribution in [-0.2, 0) is 28.6 Å². The third-order valence-electron chi connectivity index (χ3n) is 11.0. The van der Waals surface area contributed by atoms with Gasteiger partial charge < -0.3 is 14.2 Å². The number of carbonyl (C=O) groups excluding carboxylic acids is 3. The number of allylic oxidation sites excluding steroid dienone is 26. The standard InChI is InChI=1S/C65H100O6/c1-4-7-10-13-16-19-22-25-26-27-28-29-30-31-32-33-34-35-36-37-38-41-43-46-49-52-55-58-64(67)70-61-62(71-65(68)59-56-53-50-47-44-40-24-21-18-15-12-9-6-3)60-69-63(66)57-54-51-48-45-42-39-23-20-17-14-11-8-5-2/h7,9-12,14,16,18-21,23,25-26,28-29,31-32,34-35,37-38,40,43-44,46,62H,4-6,8,13,15,17,22,24,27,30,33,36,39,41-42,45,47-61H2,1-3H3/b10-7-,12-9-,14-11-,19-16-,21-18-,23-20-,26-25-,29-28-,32-31-,35-34-,38-37-,44-40-,46-43-. The van der Waals surface area contributed by atoms with E-state index >= 15 is 0 Å². The van der Waals surface area contributed by atoms with E-state index in [0.29, 0.717) is 19.3 Å². The van der Waals surface area contributed by atoms with E-state index in [-0.39, 0.29) is 44.0 Å². The number of unbranched alkanes of at least 4 members (excludes halogenated alkanes) is 11. The molecule has 1 unspecified atom stereocenters. The maximum absolute atomic E-state index is 12.8. The molecule has 1 atom stereocenters. The number of rotatable bonds is 48. The van der Waals surface area contributed by atoms with E-state index in [0.717, 1.165) is 154 Å². The van der Waals surface area contributed by atoms with Gasteiger partial charge in [0.15, 0.2) is 6.10 Å². The molecule has 0 radical (unpaired) electrons. The van der Waals surface area contributed by atoms with Crippen molar-refractivity contribution in [2.24, 2.45) is 0 Å². The van der Waals surface area contributed by atoms with E-state index in [9.17, 15) is 14.4 Å². The molecular formula is C65H100O6. The molecule has 0 aromatic heterocycles. The van der Waals surface area contributed by atoms with Gasteiger partial charge in [0.05, 0.1) is 0 Å². The summed E-state index contributed by atoms with van der Waals surface area (Å²) in [5, 5.41) is 0. The summed E-state index contributed by atoms with van der Waals surface area (Å²) < 4.78 is 16.7. The van der Waals surface area contributed by atoms with Gasteiger partial charge in [0.2, 0.25) is 0 Å². The van der Waals surface area contributed by atoms with Crippen LogP contribution < -0.4 is 0 Å². The van der Waals surface area contributed by atoms with E-state index in [2.05, 4.69) is 179 Å². The maximum atomic E-state index is 12.8. The smallest absolute Gasteiger partial charge is 0.306 e. The first-order chi connectivity index (χ1) is 35.0. The van der Waals surface area contributed by atoms with E-state index in [1.54, 1.807) is 0 Å². The SMILES string of the molecule is CC/C=C\C/C=C\C/C=C\C/C=C\C/C=C\C/C=C\C/C=C\C/C=C\CCCCC(=O)OCC(COC(=O)CCCCCCC/C=C\C/C=C\CCC)OC(=O)CCCCC/C=C\C/C=C\C/C=C\CC. The van der Waals surface area contributed by atoms with Crippen molar-refractivity contribution < 1.29 is 28.6 Å². The van der Waals surface area contributed by atoms with Gasteiger partial charge >= 0.3 is 17.9 Å². The van der Waals surface area contributed by atoms with Gasteiger partial charge in [-0.2, -0.15) is 0 Å². The van der Waals surface area contributed by atoms with Gasteiger partial charge in [-0.15, -0.1) is 0 Å². The molecule has 0 aromatic carbocycles. The fourth-order valence-corrected chi connectivity index (χ4v) is 6.86. The van der Waals surface area contributed by atoms with Crippen LogP contribution in [0.5, 0.6) is 0 Å². The minimum absolute atomic E-state index is 0.118. The molecular weight excluding hydrogens is 877 g/mol. The van der Waals surface area contributed by atoms with Crippen molar-refractivity contribution >= 4 is 17.9 Å². The normalized spacial score (nSPS) is 13.3. The van der Waals surface area contributed by atoms with Crippen molar-refractivity contribution in [2.75, 3.05) is 13.2 Å². The molecule has 0 saturated carbocycles. The maximum Gasteiger partial charge on any atom is 0.306 e. The van der Waals surface area contributed by atoms with Crippen LogP contribution >= 0.6 is 0 Å². The molecule has 0 saturated heterocycles. The Kier molecular flexibility index (Phi) is 53.6. The van der Waals surface area contributed by atoms with Crippen LogP contribution in [0.3, 0.4) is 0 Å². The topological polar surface area (TPSA) is 78.9 Å². The number of hydrogen-bond acceptors (Lipinski definition) is 6. The fraction of sp³-hybridized carbons (Fsp3) is 0.554. The predicted octanol–water partition coefficient (Wildman–Crippen LogP) is 19.0. The summed E-state index contributed by atoms with van der Waals surface area (Å²) in [5.41, 5.74) is 0. The lowest BCUT2D eigenvalue weighted by Crippen LogP contribution is -2.30. The predicted molar refractivity (Wildman–Crippen MR) is 306 cm³/mol. The second-order valence-corrected chi connectivity index (χ2v) is 17.7. The number of esters is 3. The quantitative estimate of drug-likeness (QED) is 0.0262. The summed E-state index contributed by atoms with van der Waals surface area (Å²) in [6.45, 7) is 6.24. The van der Waals surface area contributed by atoms with Crippen LogP contribution in [0.15, 0.2) is 158 Å². The zero-order valence-corrected chi connectivity index (χ0v) is 45.2. The highest BCUT2D eigenvalue weighted by atomic mass is 16.6. The minimum atomic E-state index is -0.825. The van der Waals surface area contributed by atoms with Gasteiger partial charge in [-0.1, -0.05) is 211 Å². The van der Waals surface area contributed by atoms with E-state index in [1.165, 1.54) is 6.42 Å². The first kappa shape index (κ1) is 66.0. The summed E-state index contributed by atoms with van der Waals surface area (Å²) in [5.74, 6) is -1.02. The highest BCUT2D eigenvalue weighted by Gasteiger charge is 2.19. The number of ether oxygens (including phenoxy) is 3. The van der Waals surface area contributed by atoms with Gasteiger partial charge in [0, 0.05) is 19.3 Å². The Hall–Kier alpha value is -4.97. The molecule has 396 valence electrons. The summed E-state index contributed by atoms with van der Waals surface area (Å²) in [6, 6.07) is 0. The summed E-state index contributed by atoms with van der Waals surface area (Å²) in [7, 11) is 0. The lowest BCUT2D eigenvalue weighted by atomic mass is 10.1. The Labute approximate surface area is 435 Å². The molecule has 0 fully saturated rings. The highest BCUT2D eigenvalue weighted by Crippen LogP contribution is 2.12. The molecule has 6 heteroatoms. The average molecular weight is 978 g/mol. The van der Waals surface area contributed by atoms with Gasteiger partial charge in [-0.05, 0) is 141 Å². The lowest BCUT2D eigenvalue weighted by Gasteiger charge is -2.18. The van der Waals surface area contributed by atoms with Crippen molar-refractivity contribution in [3.63, 3.8) is 0 Å². The van der Waals surface area contributed by atoms with Crippen LogP contribution in [0.25, 0.3) is 0 Å². The zero-order valence-electron chi connectivity index (χ0n) is 45.2. The summed E-state index contributed by atoms with van der Waals surface area (Å²) >= 11 is 0.